The Balaban J connectivity index is 1.77. The number of rotatable bonds is 3. The summed E-state index contributed by atoms with van der Waals surface area (Å²) in [5, 5.41) is 19.1. The van der Waals surface area contributed by atoms with Crippen LogP contribution in [0, 0.1) is 6.92 Å². The zero-order valence-electron chi connectivity index (χ0n) is 14.0. The Morgan fingerprint density at radius 1 is 0.840 bits per heavy atom. The van der Waals surface area contributed by atoms with E-state index < -0.39 is 0 Å². The summed E-state index contributed by atoms with van der Waals surface area (Å²) >= 11 is 0. The number of aromatic nitrogens is 3. The molecule has 0 amide bonds. The second kappa shape index (κ2) is 5.94. The zero-order chi connectivity index (χ0) is 17.4. The number of phenols is 1. The van der Waals surface area contributed by atoms with Gasteiger partial charge in [-0.05, 0) is 60.0 Å². The fraction of sp³-hybridized carbons (Fsp3) is 0.100. The molecule has 0 saturated carbocycles. The number of fused-ring (bicyclic) bond motifs is 1. The van der Waals surface area contributed by atoms with E-state index in [4.69, 9.17) is 4.74 Å². The Bertz CT molecular complexity index is 1050. The molecule has 0 radical (unpaired) electrons. The van der Waals surface area contributed by atoms with E-state index in [2.05, 4.69) is 10.2 Å². The third-order valence-electron chi connectivity index (χ3n) is 4.15. The molecule has 5 heteroatoms. The standard InChI is InChI=1S/C20H17N3O2/c1-13-3-10-20(24)19(11-13)23-21-17-9-6-15(12-18(17)22-23)14-4-7-16(25-2)8-5-14/h3-12,24H,1-2H3. The summed E-state index contributed by atoms with van der Waals surface area (Å²) in [6.07, 6.45) is 0. The van der Waals surface area contributed by atoms with Crippen molar-refractivity contribution in [2.75, 3.05) is 7.11 Å². The van der Waals surface area contributed by atoms with Crippen molar-refractivity contribution >= 4 is 11.0 Å². The van der Waals surface area contributed by atoms with E-state index in [0.717, 1.165) is 33.5 Å². The third-order valence-corrected chi connectivity index (χ3v) is 4.15. The number of hydrogen-bond acceptors (Lipinski definition) is 4. The predicted octanol–water partition coefficient (Wildman–Crippen LogP) is 4.11. The summed E-state index contributed by atoms with van der Waals surface area (Å²) in [4.78, 5) is 1.48. The fourth-order valence-electron chi connectivity index (χ4n) is 2.78. The molecular weight excluding hydrogens is 314 g/mol. The molecule has 4 rings (SSSR count). The number of methoxy groups -OCH3 is 1. The molecule has 0 atom stereocenters. The molecular formula is C20H17N3O2. The van der Waals surface area contributed by atoms with E-state index in [1.54, 1.807) is 13.2 Å². The molecule has 0 bridgehead atoms. The van der Waals surface area contributed by atoms with Crippen molar-refractivity contribution in [2.24, 2.45) is 0 Å². The lowest BCUT2D eigenvalue weighted by Gasteiger charge is -2.03. The van der Waals surface area contributed by atoms with E-state index >= 15 is 0 Å². The summed E-state index contributed by atoms with van der Waals surface area (Å²) in [5.74, 6) is 0.979. The molecule has 5 nitrogen and oxygen atoms in total. The minimum absolute atomic E-state index is 0.154. The Labute approximate surface area is 145 Å². The van der Waals surface area contributed by atoms with Crippen LogP contribution in [0.5, 0.6) is 11.5 Å². The van der Waals surface area contributed by atoms with Gasteiger partial charge in [-0.15, -0.1) is 15.0 Å². The Kier molecular flexibility index (Phi) is 3.61. The van der Waals surface area contributed by atoms with Crippen LogP contribution in [0.4, 0.5) is 0 Å². The predicted molar refractivity (Wildman–Crippen MR) is 97.3 cm³/mol. The van der Waals surface area contributed by atoms with Crippen LogP contribution in [0.15, 0.2) is 60.7 Å². The second-order valence-corrected chi connectivity index (χ2v) is 5.91. The largest absolute Gasteiger partial charge is 0.506 e. The molecule has 25 heavy (non-hydrogen) atoms. The first-order valence-electron chi connectivity index (χ1n) is 7.95. The van der Waals surface area contributed by atoms with Crippen LogP contribution in [0.1, 0.15) is 5.56 Å². The maximum Gasteiger partial charge on any atom is 0.143 e. The first-order valence-corrected chi connectivity index (χ1v) is 7.95. The normalized spacial score (nSPS) is 11.0. The van der Waals surface area contributed by atoms with E-state index in [1.165, 1.54) is 4.80 Å². The molecule has 0 aliphatic heterocycles. The highest BCUT2D eigenvalue weighted by Gasteiger charge is 2.10. The average molecular weight is 331 g/mol. The van der Waals surface area contributed by atoms with E-state index in [0.29, 0.717) is 5.69 Å². The van der Waals surface area contributed by atoms with Crippen molar-refractivity contribution in [2.45, 2.75) is 6.92 Å². The van der Waals surface area contributed by atoms with Gasteiger partial charge in [-0.2, -0.15) is 0 Å². The number of phenolic OH excluding ortho intramolecular Hbond substituents is 1. The lowest BCUT2D eigenvalue weighted by Crippen LogP contribution is -1.99. The number of aryl methyl sites for hydroxylation is 1. The highest BCUT2D eigenvalue weighted by Crippen LogP contribution is 2.27. The molecule has 0 fully saturated rings. The van der Waals surface area contributed by atoms with Gasteiger partial charge in [0.25, 0.3) is 0 Å². The van der Waals surface area contributed by atoms with Crippen LogP contribution in [0.25, 0.3) is 27.8 Å². The van der Waals surface area contributed by atoms with Crippen molar-refractivity contribution in [3.63, 3.8) is 0 Å². The van der Waals surface area contributed by atoms with E-state index in [9.17, 15) is 5.11 Å². The van der Waals surface area contributed by atoms with Gasteiger partial charge in [0, 0.05) is 0 Å². The van der Waals surface area contributed by atoms with Crippen LogP contribution in [-0.2, 0) is 0 Å². The van der Waals surface area contributed by atoms with Gasteiger partial charge < -0.3 is 9.84 Å². The SMILES string of the molecule is COc1ccc(-c2ccc3nn(-c4cc(C)ccc4O)nc3c2)cc1. The van der Waals surface area contributed by atoms with Crippen molar-refractivity contribution in [1.29, 1.82) is 0 Å². The minimum Gasteiger partial charge on any atom is -0.506 e. The number of aromatic hydroxyl groups is 1. The molecule has 1 heterocycles. The zero-order valence-corrected chi connectivity index (χ0v) is 14.0. The highest BCUT2D eigenvalue weighted by atomic mass is 16.5. The summed E-state index contributed by atoms with van der Waals surface area (Å²) in [5.41, 5.74) is 5.29. The topological polar surface area (TPSA) is 60.2 Å². The summed E-state index contributed by atoms with van der Waals surface area (Å²) in [6.45, 7) is 1.97. The maximum atomic E-state index is 10.1. The van der Waals surface area contributed by atoms with Gasteiger partial charge in [-0.1, -0.05) is 24.3 Å². The number of benzene rings is 3. The molecule has 1 N–H and O–H groups in total. The Morgan fingerprint density at radius 2 is 1.56 bits per heavy atom. The molecule has 4 aromatic rings. The summed E-state index contributed by atoms with van der Waals surface area (Å²) in [6, 6.07) is 19.2. The number of nitrogens with zero attached hydrogens (tertiary/aromatic N) is 3. The van der Waals surface area contributed by atoms with Gasteiger partial charge in [-0.3, -0.25) is 0 Å². The molecule has 0 saturated heterocycles. The van der Waals surface area contributed by atoms with Gasteiger partial charge in [0.15, 0.2) is 0 Å². The Hall–Kier alpha value is -3.34. The lowest BCUT2D eigenvalue weighted by molar-refractivity contribution is 0.415. The van der Waals surface area contributed by atoms with Gasteiger partial charge in [-0.25, -0.2) is 0 Å². The number of hydrogen-bond donors (Lipinski definition) is 1. The van der Waals surface area contributed by atoms with Crippen molar-refractivity contribution in [3.8, 4) is 28.3 Å². The first-order chi connectivity index (χ1) is 12.1. The molecule has 0 aliphatic carbocycles. The smallest absolute Gasteiger partial charge is 0.143 e. The van der Waals surface area contributed by atoms with E-state index in [1.807, 2.05) is 61.5 Å². The van der Waals surface area contributed by atoms with Crippen LogP contribution < -0.4 is 4.74 Å². The lowest BCUT2D eigenvalue weighted by atomic mass is 10.1. The molecule has 0 spiro atoms. The second-order valence-electron chi connectivity index (χ2n) is 5.91. The average Bonchev–Trinajstić information content (AvgIpc) is 3.06. The fourth-order valence-corrected chi connectivity index (χ4v) is 2.78. The monoisotopic (exact) mass is 331 g/mol. The van der Waals surface area contributed by atoms with Gasteiger partial charge >= 0.3 is 0 Å². The van der Waals surface area contributed by atoms with Crippen molar-refractivity contribution in [3.05, 3.63) is 66.2 Å². The van der Waals surface area contributed by atoms with Crippen molar-refractivity contribution in [1.82, 2.24) is 15.0 Å². The van der Waals surface area contributed by atoms with Gasteiger partial charge in [0.1, 0.15) is 28.2 Å². The van der Waals surface area contributed by atoms with Crippen LogP contribution in [-0.4, -0.2) is 27.2 Å². The van der Waals surface area contributed by atoms with Crippen molar-refractivity contribution < 1.29 is 9.84 Å². The maximum absolute atomic E-state index is 10.1. The Morgan fingerprint density at radius 3 is 2.32 bits per heavy atom. The third kappa shape index (κ3) is 2.80. The molecule has 124 valence electrons. The molecule has 1 aromatic heterocycles. The first kappa shape index (κ1) is 15.2. The summed E-state index contributed by atoms with van der Waals surface area (Å²) < 4.78 is 5.20. The minimum atomic E-state index is 0.154. The molecule has 0 aliphatic rings. The van der Waals surface area contributed by atoms with Crippen LogP contribution in [0.2, 0.25) is 0 Å². The highest BCUT2D eigenvalue weighted by molar-refractivity contribution is 5.81. The van der Waals surface area contributed by atoms with Gasteiger partial charge in [0.05, 0.1) is 7.11 Å². The van der Waals surface area contributed by atoms with Crippen LogP contribution in [0.3, 0.4) is 0 Å². The molecule has 0 unspecified atom stereocenters. The quantitative estimate of drug-likeness (QED) is 0.614. The van der Waals surface area contributed by atoms with Crippen LogP contribution >= 0.6 is 0 Å². The summed E-state index contributed by atoms with van der Waals surface area (Å²) in [7, 11) is 1.65. The molecule has 3 aromatic carbocycles. The van der Waals surface area contributed by atoms with E-state index in [-0.39, 0.29) is 5.75 Å². The number of ether oxygens (including phenoxy) is 1. The van der Waals surface area contributed by atoms with Gasteiger partial charge in [0.2, 0.25) is 0 Å².